The lowest BCUT2D eigenvalue weighted by Gasteiger charge is -2.05. The molecule has 0 unspecified atom stereocenters. The van der Waals surface area contributed by atoms with Crippen LogP contribution in [-0.4, -0.2) is 16.1 Å². The van der Waals surface area contributed by atoms with Crippen LogP contribution in [0, 0.1) is 12.7 Å². The van der Waals surface area contributed by atoms with Crippen molar-refractivity contribution in [2.45, 2.75) is 19.9 Å². The average Bonchev–Trinajstić information content (AvgIpc) is 2.63. The van der Waals surface area contributed by atoms with Crippen molar-refractivity contribution in [2.24, 2.45) is 5.73 Å². The van der Waals surface area contributed by atoms with E-state index in [9.17, 15) is 4.39 Å². The smallest absolute Gasteiger partial charge is 0.128 e. The molecular weight excluding hydrogens is 217 g/mol. The first-order valence-electron chi connectivity index (χ1n) is 5.67. The molecule has 4 heteroatoms. The highest BCUT2D eigenvalue weighted by molar-refractivity contribution is 5.18. The van der Waals surface area contributed by atoms with Gasteiger partial charge < -0.3 is 10.3 Å². The third kappa shape index (κ3) is 2.71. The summed E-state index contributed by atoms with van der Waals surface area (Å²) in [7, 11) is 0. The molecule has 0 spiro atoms. The van der Waals surface area contributed by atoms with Crippen LogP contribution in [0.3, 0.4) is 0 Å². The van der Waals surface area contributed by atoms with Gasteiger partial charge in [-0.2, -0.15) is 0 Å². The van der Waals surface area contributed by atoms with Crippen LogP contribution in [0.5, 0.6) is 0 Å². The van der Waals surface area contributed by atoms with Crippen LogP contribution in [0.25, 0.3) is 0 Å². The highest BCUT2D eigenvalue weighted by Crippen LogP contribution is 2.11. The number of aromatic nitrogens is 2. The van der Waals surface area contributed by atoms with Gasteiger partial charge in [-0.05, 0) is 19.5 Å². The Morgan fingerprint density at radius 3 is 2.82 bits per heavy atom. The number of aryl methyl sites for hydroxylation is 1. The van der Waals surface area contributed by atoms with E-state index in [-0.39, 0.29) is 5.82 Å². The molecule has 0 bridgehead atoms. The van der Waals surface area contributed by atoms with Crippen LogP contribution >= 0.6 is 0 Å². The molecule has 0 aliphatic heterocycles. The number of benzene rings is 1. The summed E-state index contributed by atoms with van der Waals surface area (Å²) in [6, 6.07) is 6.80. The molecular formula is C13H16FN3. The highest BCUT2D eigenvalue weighted by atomic mass is 19.1. The molecule has 0 radical (unpaired) electrons. The molecule has 1 aromatic heterocycles. The standard InChI is InChI=1S/C13H16FN3/c1-10-16-12(6-7-15)9-17(10)8-11-4-2-3-5-13(11)14/h2-5,9H,6-8,15H2,1H3. The lowest BCUT2D eigenvalue weighted by Crippen LogP contribution is -2.03. The average molecular weight is 233 g/mol. The van der Waals surface area contributed by atoms with E-state index in [0.29, 0.717) is 18.7 Å². The first kappa shape index (κ1) is 11.8. The molecule has 0 saturated carbocycles. The maximum absolute atomic E-state index is 13.5. The molecule has 90 valence electrons. The normalized spacial score (nSPS) is 10.8. The number of nitrogens with zero attached hydrogens (tertiary/aromatic N) is 2. The van der Waals surface area contributed by atoms with Crippen molar-refractivity contribution in [2.75, 3.05) is 6.54 Å². The fourth-order valence-electron chi connectivity index (χ4n) is 1.81. The van der Waals surface area contributed by atoms with E-state index in [2.05, 4.69) is 4.98 Å². The third-order valence-corrected chi connectivity index (χ3v) is 2.72. The maximum Gasteiger partial charge on any atom is 0.128 e. The van der Waals surface area contributed by atoms with Gasteiger partial charge in [0.1, 0.15) is 11.6 Å². The van der Waals surface area contributed by atoms with Gasteiger partial charge in [0.2, 0.25) is 0 Å². The summed E-state index contributed by atoms with van der Waals surface area (Å²) in [5, 5.41) is 0. The Bertz CT molecular complexity index is 505. The van der Waals surface area contributed by atoms with Gasteiger partial charge in [-0.15, -0.1) is 0 Å². The molecule has 2 rings (SSSR count). The van der Waals surface area contributed by atoms with Crippen LogP contribution in [0.4, 0.5) is 4.39 Å². The molecule has 17 heavy (non-hydrogen) atoms. The van der Waals surface area contributed by atoms with E-state index in [1.54, 1.807) is 12.1 Å². The summed E-state index contributed by atoms with van der Waals surface area (Å²) in [6.45, 7) is 3.01. The Balaban J connectivity index is 2.21. The zero-order chi connectivity index (χ0) is 12.3. The lowest BCUT2D eigenvalue weighted by atomic mass is 10.2. The van der Waals surface area contributed by atoms with E-state index in [1.165, 1.54) is 6.07 Å². The number of rotatable bonds is 4. The summed E-state index contributed by atoms with van der Waals surface area (Å²) in [4.78, 5) is 4.39. The number of imidazole rings is 1. The minimum absolute atomic E-state index is 0.180. The third-order valence-electron chi connectivity index (χ3n) is 2.72. The van der Waals surface area contributed by atoms with Crippen molar-refractivity contribution in [3.8, 4) is 0 Å². The molecule has 2 N–H and O–H groups in total. The Morgan fingerprint density at radius 2 is 2.12 bits per heavy atom. The Kier molecular flexibility index (Phi) is 3.54. The minimum atomic E-state index is -0.180. The Morgan fingerprint density at radius 1 is 1.35 bits per heavy atom. The van der Waals surface area contributed by atoms with Gasteiger partial charge in [0, 0.05) is 18.2 Å². The first-order valence-corrected chi connectivity index (χ1v) is 5.67. The predicted molar refractivity (Wildman–Crippen MR) is 65.2 cm³/mol. The molecule has 1 aromatic carbocycles. The van der Waals surface area contributed by atoms with Crippen molar-refractivity contribution < 1.29 is 4.39 Å². The van der Waals surface area contributed by atoms with Gasteiger partial charge >= 0.3 is 0 Å². The van der Waals surface area contributed by atoms with Crippen molar-refractivity contribution in [3.05, 3.63) is 53.4 Å². The van der Waals surface area contributed by atoms with Crippen molar-refractivity contribution >= 4 is 0 Å². The second-order valence-electron chi connectivity index (χ2n) is 4.04. The SMILES string of the molecule is Cc1nc(CCN)cn1Cc1ccccc1F. The summed E-state index contributed by atoms with van der Waals surface area (Å²) >= 11 is 0. The van der Waals surface area contributed by atoms with Crippen LogP contribution in [0.1, 0.15) is 17.1 Å². The fourth-order valence-corrected chi connectivity index (χ4v) is 1.81. The monoisotopic (exact) mass is 233 g/mol. The van der Waals surface area contributed by atoms with Gasteiger partial charge in [-0.3, -0.25) is 0 Å². The summed E-state index contributed by atoms with van der Waals surface area (Å²) in [5.41, 5.74) is 7.12. The summed E-state index contributed by atoms with van der Waals surface area (Å²) < 4.78 is 15.5. The molecule has 3 nitrogen and oxygen atoms in total. The number of halogens is 1. The highest BCUT2D eigenvalue weighted by Gasteiger charge is 2.06. The largest absolute Gasteiger partial charge is 0.330 e. The van der Waals surface area contributed by atoms with Gasteiger partial charge in [0.05, 0.1) is 12.2 Å². The predicted octanol–water partition coefficient (Wildman–Crippen LogP) is 1.88. The first-order chi connectivity index (χ1) is 8.20. The Labute approximate surface area is 100 Å². The molecule has 1 heterocycles. The lowest BCUT2D eigenvalue weighted by molar-refractivity contribution is 0.597. The zero-order valence-corrected chi connectivity index (χ0v) is 9.86. The summed E-state index contributed by atoms with van der Waals surface area (Å²) in [6.07, 6.45) is 2.69. The number of hydrogen-bond acceptors (Lipinski definition) is 2. The maximum atomic E-state index is 13.5. The van der Waals surface area contributed by atoms with Crippen LogP contribution in [-0.2, 0) is 13.0 Å². The molecule has 0 amide bonds. The van der Waals surface area contributed by atoms with Crippen molar-refractivity contribution in [3.63, 3.8) is 0 Å². The van der Waals surface area contributed by atoms with E-state index < -0.39 is 0 Å². The molecule has 0 fully saturated rings. The topological polar surface area (TPSA) is 43.8 Å². The molecule has 0 aliphatic carbocycles. The van der Waals surface area contributed by atoms with Crippen molar-refractivity contribution in [1.82, 2.24) is 9.55 Å². The molecule has 0 aliphatic rings. The summed E-state index contributed by atoms with van der Waals surface area (Å²) in [5.74, 6) is 0.706. The van der Waals surface area contributed by atoms with E-state index in [0.717, 1.165) is 17.9 Å². The van der Waals surface area contributed by atoms with Gasteiger partial charge in [-0.1, -0.05) is 18.2 Å². The van der Waals surface area contributed by atoms with E-state index >= 15 is 0 Å². The van der Waals surface area contributed by atoms with Crippen molar-refractivity contribution in [1.29, 1.82) is 0 Å². The number of nitrogens with two attached hydrogens (primary N) is 1. The molecule has 0 atom stereocenters. The second-order valence-corrected chi connectivity index (χ2v) is 4.04. The fraction of sp³-hybridized carbons (Fsp3) is 0.308. The van der Waals surface area contributed by atoms with Crippen LogP contribution in [0.2, 0.25) is 0 Å². The molecule has 2 aromatic rings. The van der Waals surface area contributed by atoms with Gasteiger partial charge in [0.25, 0.3) is 0 Å². The number of hydrogen-bond donors (Lipinski definition) is 1. The van der Waals surface area contributed by atoms with Gasteiger partial charge in [0.15, 0.2) is 0 Å². The van der Waals surface area contributed by atoms with E-state index in [4.69, 9.17) is 5.73 Å². The second kappa shape index (κ2) is 5.10. The molecule has 0 saturated heterocycles. The van der Waals surface area contributed by atoms with Gasteiger partial charge in [-0.25, -0.2) is 9.37 Å². The van der Waals surface area contributed by atoms with E-state index in [1.807, 2.05) is 23.8 Å². The van der Waals surface area contributed by atoms with Crippen LogP contribution < -0.4 is 5.73 Å². The van der Waals surface area contributed by atoms with Crippen LogP contribution in [0.15, 0.2) is 30.5 Å². The Hall–Kier alpha value is -1.68. The minimum Gasteiger partial charge on any atom is -0.330 e. The zero-order valence-electron chi connectivity index (χ0n) is 9.86. The quantitative estimate of drug-likeness (QED) is 0.876.